The zero-order valence-corrected chi connectivity index (χ0v) is 14.5. The number of hydrogen-bond acceptors (Lipinski definition) is 4. The van der Waals surface area contributed by atoms with E-state index >= 15 is 0 Å². The molecule has 0 aliphatic rings. The Labute approximate surface area is 111 Å². The zero-order chi connectivity index (χ0) is 14.4. The van der Waals surface area contributed by atoms with Crippen LogP contribution in [0.5, 0.6) is 0 Å². The summed E-state index contributed by atoms with van der Waals surface area (Å²) in [7, 11) is -2.47. The van der Waals surface area contributed by atoms with Gasteiger partial charge in [0.2, 0.25) is 0 Å². The fourth-order valence-electron chi connectivity index (χ4n) is 1.02. The van der Waals surface area contributed by atoms with E-state index in [9.17, 15) is 9.59 Å². The number of carbonyl (C=O) groups is 2. The molecule has 4 nitrogen and oxygen atoms in total. The molecule has 110 valence electrons. The average Bonchev–Trinajstić information content (AvgIpc) is 2.13. The van der Waals surface area contributed by atoms with Crippen LogP contribution in [0, 0.1) is 0 Å². The second-order valence-corrected chi connectivity index (χ2v) is 18.1. The first-order valence-electron chi connectivity index (χ1n) is 6.35. The predicted molar refractivity (Wildman–Crippen MR) is 83.8 cm³/mol. The van der Waals surface area contributed by atoms with Crippen molar-refractivity contribution in [2.24, 2.45) is 0 Å². The van der Waals surface area contributed by atoms with Crippen LogP contribution in [-0.4, -0.2) is 77.5 Å². The molecule has 0 aromatic heterocycles. The molecule has 6 heteroatoms. The Morgan fingerprint density at radius 1 is 0.722 bits per heavy atom. The van der Waals surface area contributed by atoms with Crippen LogP contribution in [0.3, 0.4) is 0 Å². The van der Waals surface area contributed by atoms with Gasteiger partial charge >= 0.3 is 111 Å². The Hall–Kier alpha value is -0.200. The standard InChI is InChI=1S/C12H28O4P2/c1-17(2,3)9-7-15-11(13)12(14)16-8-10-18(4,5)6/h17-18H,7-10H2,1-6H3. The number of ether oxygens (including phenoxy) is 2. The van der Waals surface area contributed by atoms with E-state index < -0.39 is 26.5 Å². The Morgan fingerprint density at radius 3 is 1.22 bits per heavy atom. The minimum absolute atomic E-state index is 0.317. The zero-order valence-electron chi connectivity index (χ0n) is 12.5. The number of hydrogen-bond donors (Lipinski definition) is 0. The van der Waals surface area contributed by atoms with E-state index in [1.807, 2.05) is 0 Å². The molecule has 0 aromatic rings. The third-order valence-electron chi connectivity index (χ3n) is 2.34. The van der Waals surface area contributed by atoms with Gasteiger partial charge < -0.3 is 0 Å². The van der Waals surface area contributed by atoms with E-state index in [2.05, 4.69) is 40.0 Å². The van der Waals surface area contributed by atoms with Crippen molar-refractivity contribution < 1.29 is 19.1 Å². The van der Waals surface area contributed by atoms with Gasteiger partial charge in [0.25, 0.3) is 0 Å². The van der Waals surface area contributed by atoms with E-state index in [-0.39, 0.29) is 0 Å². The molecule has 0 rings (SSSR count). The molecule has 0 heterocycles. The topological polar surface area (TPSA) is 52.6 Å². The van der Waals surface area contributed by atoms with E-state index in [0.29, 0.717) is 13.2 Å². The first-order chi connectivity index (χ1) is 8.01. The Bertz CT molecular complexity index is 259. The SMILES string of the molecule is C[PH](C)(C)CCOC(=O)C(=O)OCC[PH](C)(C)C. The fourth-order valence-corrected chi connectivity index (χ4v) is 2.45. The van der Waals surface area contributed by atoms with Gasteiger partial charge in [-0.15, -0.1) is 0 Å². The molecule has 0 aliphatic carbocycles. The van der Waals surface area contributed by atoms with Crippen molar-refractivity contribution in [1.29, 1.82) is 0 Å². The van der Waals surface area contributed by atoms with Crippen molar-refractivity contribution in [3.8, 4) is 0 Å². The number of rotatable bonds is 6. The van der Waals surface area contributed by atoms with E-state index in [0.717, 1.165) is 12.3 Å². The van der Waals surface area contributed by atoms with Gasteiger partial charge in [-0.05, 0) is 0 Å². The molecule has 0 aliphatic heterocycles. The molecule has 0 saturated heterocycles. The van der Waals surface area contributed by atoms with Gasteiger partial charge in [-0.1, -0.05) is 0 Å². The van der Waals surface area contributed by atoms with Gasteiger partial charge in [0.15, 0.2) is 0 Å². The van der Waals surface area contributed by atoms with Gasteiger partial charge in [-0.2, -0.15) is 0 Å². The van der Waals surface area contributed by atoms with Gasteiger partial charge in [-0.25, -0.2) is 0 Å². The first kappa shape index (κ1) is 17.8. The van der Waals surface area contributed by atoms with Crippen LogP contribution < -0.4 is 0 Å². The average molecular weight is 298 g/mol. The molecule has 0 fully saturated rings. The molecule has 0 aromatic carbocycles. The van der Waals surface area contributed by atoms with E-state index in [4.69, 9.17) is 9.47 Å². The van der Waals surface area contributed by atoms with Crippen molar-refractivity contribution in [2.75, 3.05) is 65.5 Å². The number of carbonyl (C=O) groups excluding carboxylic acids is 2. The summed E-state index contributed by atoms with van der Waals surface area (Å²) in [5.74, 6) is -1.72. The Balaban J connectivity index is 3.81. The predicted octanol–water partition coefficient (Wildman–Crippen LogP) is 1.35. The first-order valence-corrected chi connectivity index (χ1v) is 13.8. The second-order valence-electron chi connectivity index (χ2n) is 6.89. The molecule has 0 spiro atoms. The number of esters is 2. The van der Waals surface area contributed by atoms with Crippen LogP contribution in [0.25, 0.3) is 0 Å². The molecule has 18 heavy (non-hydrogen) atoms. The summed E-state index contributed by atoms with van der Waals surface area (Å²) in [6, 6.07) is 0. The summed E-state index contributed by atoms with van der Waals surface area (Å²) < 4.78 is 9.79. The van der Waals surface area contributed by atoms with Gasteiger partial charge in [0, 0.05) is 0 Å². The molecule has 0 unspecified atom stereocenters. The van der Waals surface area contributed by atoms with Crippen LogP contribution in [0.1, 0.15) is 0 Å². The third kappa shape index (κ3) is 10.9. The summed E-state index contributed by atoms with van der Waals surface area (Å²) in [5.41, 5.74) is 0. The van der Waals surface area contributed by atoms with Crippen LogP contribution in [0.2, 0.25) is 0 Å². The van der Waals surface area contributed by atoms with E-state index in [1.54, 1.807) is 0 Å². The molecular weight excluding hydrogens is 270 g/mol. The normalized spacial score (nSPS) is 13.9. The van der Waals surface area contributed by atoms with Crippen LogP contribution >= 0.6 is 14.5 Å². The summed E-state index contributed by atoms with van der Waals surface area (Å²) in [6.07, 6.45) is 1.72. The van der Waals surface area contributed by atoms with Crippen molar-refractivity contribution in [2.45, 2.75) is 0 Å². The summed E-state index contributed by atoms with van der Waals surface area (Å²) in [6.45, 7) is 13.8. The van der Waals surface area contributed by atoms with Crippen LogP contribution in [-0.2, 0) is 19.1 Å². The molecule has 0 atom stereocenters. The molecule has 0 amide bonds. The summed E-state index contributed by atoms with van der Waals surface area (Å²) in [4.78, 5) is 22.6. The Morgan fingerprint density at radius 2 is 1.00 bits per heavy atom. The third-order valence-corrected chi connectivity index (χ3v) is 5.75. The minimum atomic E-state index is -1.23. The van der Waals surface area contributed by atoms with Gasteiger partial charge in [-0.3, -0.25) is 0 Å². The van der Waals surface area contributed by atoms with Crippen molar-refractivity contribution in [3.63, 3.8) is 0 Å². The van der Waals surface area contributed by atoms with E-state index in [1.165, 1.54) is 0 Å². The molecule has 0 bridgehead atoms. The van der Waals surface area contributed by atoms with Crippen molar-refractivity contribution >= 4 is 26.5 Å². The molecule has 0 N–H and O–H groups in total. The maximum atomic E-state index is 11.3. The van der Waals surface area contributed by atoms with Crippen LogP contribution in [0.15, 0.2) is 0 Å². The second kappa shape index (κ2) is 7.40. The van der Waals surface area contributed by atoms with Crippen LogP contribution in [0.4, 0.5) is 0 Å². The molecular formula is C12H28O4P2. The van der Waals surface area contributed by atoms with Crippen molar-refractivity contribution in [3.05, 3.63) is 0 Å². The fraction of sp³-hybridized carbons (Fsp3) is 0.833. The summed E-state index contributed by atoms with van der Waals surface area (Å²) >= 11 is 0. The maximum absolute atomic E-state index is 11.3. The monoisotopic (exact) mass is 298 g/mol. The summed E-state index contributed by atoms with van der Waals surface area (Å²) in [5, 5.41) is 0. The van der Waals surface area contributed by atoms with Crippen molar-refractivity contribution in [1.82, 2.24) is 0 Å². The van der Waals surface area contributed by atoms with Gasteiger partial charge in [0.1, 0.15) is 0 Å². The van der Waals surface area contributed by atoms with Gasteiger partial charge in [0.05, 0.1) is 0 Å². The Kier molecular flexibility index (Phi) is 7.32. The molecule has 0 saturated carbocycles. The molecule has 0 radical (unpaired) electrons. The quantitative estimate of drug-likeness (QED) is 0.422.